The predicted molar refractivity (Wildman–Crippen MR) is 95.2 cm³/mol. The molecule has 23 heavy (non-hydrogen) atoms. The number of hydrogen-bond donors (Lipinski definition) is 1. The molecule has 1 aromatic carbocycles. The van der Waals surface area contributed by atoms with Crippen molar-refractivity contribution >= 4 is 41.6 Å². The minimum Gasteiger partial charge on any atom is -0.491 e. The molecule has 7 heteroatoms. The van der Waals surface area contributed by atoms with Crippen LogP contribution in [0.2, 0.25) is 10.0 Å². The molecule has 0 radical (unpaired) electrons. The van der Waals surface area contributed by atoms with Crippen molar-refractivity contribution in [1.29, 1.82) is 0 Å². The molecule has 4 nitrogen and oxygen atoms in total. The van der Waals surface area contributed by atoms with Gasteiger partial charge < -0.3 is 9.84 Å². The van der Waals surface area contributed by atoms with Gasteiger partial charge in [0.2, 0.25) is 0 Å². The summed E-state index contributed by atoms with van der Waals surface area (Å²) >= 11 is 12.0. The van der Waals surface area contributed by atoms with Gasteiger partial charge >= 0.3 is 5.97 Å². The highest BCUT2D eigenvalue weighted by molar-refractivity contribution is 6.34. The van der Waals surface area contributed by atoms with E-state index in [1.54, 1.807) is 18.2 Å². The monoisotopic (exact) mass is 381 g/mol. The van der Waals surface area contributed by atoms with Crippen LogP contribution in [0, 0.1) is 5.92 Å². The third-order valence-corrected chi connectivity index (χ3v) is 4.51. The second-order valence-electron chi connectivity index (χ2n) is 5.66. The predicted octanol–water partition coefficient (Wildman–Crippen LogP) is 4.37. The van der Waals surface area contributed by atoms with Crippen LogP contribution in [-0.4, -0.2) is 42.2 Å². The van der Waals surface area contributed by atoms with E-state index < -0.39 is 5.97 Å². The van der Waals surface area contributed by atoms with Crippen LogP contribution in [0.4, 0.5) is 0 Å². The number of likely N-dealkylation sites (tertiary alicyclic amines) is 1. The van der Waals surface area contributed by atoms with E-state index in [1.165, 1.54) is 0 Å². The van der Waals surface area contributed by atoms with Gasteiger partial charge in [0.05, 0.1) is 5.02 Å². The van der Waals surface area contributed by atoms with Crippen molar-refractivity contribution < 1.29 is 14.6 Å². The van der Waals surface area contributed by atoms with Gasteiger partial charge in [0.15, 0.2) is 0 Å². The summed E-state index contributed by atoms with van der Waals surface area (Å²) in [5, 5.41) is 10.0. The van der Waals surface area contributed by atoms with E-state index in [2.05, 4.69) is 4.90 Å². The minimum atomic E-state index is -0.697. The summed E-state index contributed by atoms with van der Waals surface area (Å²) in [5.74, 6) is 0.205. The number of nitrogens with zero attached hydrogens (tertiary/aromatic N) is 1. The molecule has 1 heterocycles. The van der Waals surface area contributed by atoms with Crippen molar-refractivity contribution in [2.75, 3.05) is 26.2 Å². The molecule has 2 rings (SSSR count). The van der Waals surface area contributed by atoms with Gasteiger partial charge in [-0.15, -0.1) is 12.4 Å². The minimum absolute atomic E-state index is 0. The zero-order chi connectivity index (χ0) is 15.9. The van der Waals surface area contributed by atoms with Crippen LogP contribution in [-0.2, 0) is 4.79 Å². The van der Waals surface area contributed by atoms with Crippen molar-refractivity contribution in [3.8, 4) is 5.75 Å². The summed E-state index contributed by atoms with van der Waals surface area (Å²) in [7, 11) is 0. The molecule has 1 atom stereocenters. The summed E-state index contributed by atoms with van der Waals surface area (Å²) in [6.45, 7) is 3.26. The lowest BCUT2D eigenvalue weighted by Gasteiger charge is -2.20. The van der Waals surface area contributed by atoms with Gasteiger partial charge in [0.25, 0.3) is 0 Å². The molecule has 1 N–H and O–H groups in total. The lowest BCUT2D eigenvalue weighted by atomic mass is 9.97. The van der Waals surface area contributed by atoms with Crippen molar-refractivity contribution in [2.45, 2.75) is 25.7 Å². The molecule has 1 saturated heterocycles. The molecule has 130 valence electrons. The number of aliphatic carboxylic acids is 1. The van der Waals surface area contributed by atoms with Crippen LogP contribution in [0.15, 0.2) is 18.2 Å². The zero-order valence-electron chi connectivity index (χ0n) is 12.8. The number of halogens is 3. The van der Waals surface area contributed by atoms with Crippen molar-refractivity contribution in [3.63, 3.8) is 0 Å². The van der Waals surface area contributed by atoms with Crippen LogP contribution in [0.1, 0.15) is 25.7 Å². The Labute approximate surface area is 153 Å². The van der Waals surface area contributed by atoms with E-state index in [4.69, 9.17) is 33.0 Å². The standard InChI is InChI=1S/C16H21Cl2NO3.ClH/c17-13-3-4-14(18)15(11-13)22-9-8-19-6-1-2-12(5-7-19)10-16(20)21;/h3-4,11-12H,1-2,5-10H2,(H,20,21);1H. The molecule has 0 spiro atoms. The zero-order valence-corrected chi connectivity index (χ0v) is 15.2. The lowest BCUT2D eigenvalue weighted by molar-refractivity contribution is -0.138. The Hall–Kier alpha value is -0.680. The van der Waals surface area contributed by atoms with E-state index in [1.807, 2.05) is 0 Å². The number of benzene rings is 1. The molecule has 1 aliphatic heterocycles. The first-order valence-electron chi connectivity index (χ1n) is 7.56. The summed E-state index contributed by atoms with van der Waals surface area (Å²) in [6.07, 6.45) is 3.24. The van der Waals surface area contributed by atoms with Crippen molar-refractivity contribution in [1.82, 2.24) is 4.90 Å². The summed E-state index contributed by atoms with van der Waals surface area (Å²) in [5.41, 5.74) is 0. The highest BCUT2D eigenvalue weighted by Gasteiger charge is 2.19. The first-order chi connectivity index (χ1) is 10.5. The Kier molecular flexibility index (Phi) is 9.07. The highest BCUT2D eigenvalue weighted by Crippen LogP contribution is 2.27. The molecule has 1 fully saturated rings. The molecule has 0 amide bonds. The van der Waals surface area contributed by atoms with E-state index in [0.717, 1.165) is 38.9 Å². The number of carboxylic acids is 1. The van der Waals surface area contributed by atoms with Gasteiger partial charge in [-0.25, -0.2) is 0 Å². The van der Waals surface area contributed by atoms with Crippen LogP contribution < -0.4 is 4.74 Å². The van der Waals surface area contributed by atoms with Gasteiger partial charge in [0, 0.05) is 24.1 Å². The molecular formula is C16H22Cl3NO3. The van der Waals surface area contributed by atoms with E-state index >= 15 is 0 Å². The SMILES string of the molecule is Cl.O=C(O)CC1CCCN(CCOc2cc(Cl)ccc2Cl)CC1. The third-order valence-electron chi connectivity index (χ3n) is 3.96. The average Bonchev–Trinajstić information content (AvgIpc) is 2.68. The summed E-state index contributed by atoms with van der Waals surface area (Å²) < 4.78 is 5.70. The molecule has 1 aliphatic rings. The van der Waals surface area contributed by atoms with Crippen LogP contribution in [0.3, 0.4) is 0 Å². The number of ether oxygens (including phenoxy) is 1. The summed E-state index contributed by atoms with van der Waals surface area (Å²) in [6, 6.07) is 5.17. The quantitative estimate of drug-likeness (QED) is 0.793. The Balaban J connectivity index is 0.00000264. The van der Waals surface area contributed by atoms with Gasteiger partial charge in [-0.2, -0.15) is 0 Å². The first kappa shape index (κ1) is 20.4. The van der Waals surface area contributed by atoms with Gasteiger partial charge in [-0.1, -0.05) is 23.2 Å². The molecule has 0 aromatic heterocycles. The first-order valence-corrected chi connectivity index (χ1v) is 8.32. The Bertz CT molecular complexity index is 513. The molecule has 0 saturated carbocycles. The highest BCUT2D eigenvalue weighted by atomic mass is 35.5. The largest absolute Gasteiger partial charge is 0.491 e. The van der Waals surface area contributed by atoms with Gasteiger partial charge in [-0.3, -0.25) is 9.69 Å². The summed E-state index contributed by atoms with van der Waals surface area (Å²) in [4.78, 5) is 13.1. The van der Waals surface area contributed by atoms with Crippen LogP contribution in [0.25, 0.3) is 0 Å². The maximum absolute atomic E-state index is 10.8. The number of carboxylic acid groups (broad SMARTS) is 1. The molecule has 1 aromatic rings. The molecular weight excluding hydrogens is 361 g/mol. The van der Waals surface area contributed by atoms with Crippen molar-refractivity contribution in [2.24, 2.45) is 5.92 Å². The van der Waals surface area contributed by atoms with E-state index in [-0.39, 0.29) is 18.8 Å². The van der Waals surface area contributed by atoms with E-state index in [0.29, 0.717) is 28.3 Å². The fraction of sp³-hybridized carbons (Fsp3) is 0.562. The van der Waals surface area contributed by atoms with Gasteiger partial charge in [-0.05, 0) is 50.4 Å². The maximum Gasteiger partial charge on any atom is 0.303 e. The molecule has 0 aliphatic carbocycles. The molecule has 0 bridgehead atoms. The Morgan fingerprint density at radius 1 is 1.30 bits per heavy atom. The number of rotatable bonds is 6. The van der Waals surface area contributed by atoms with Crippen LogP contribution >= 0.6 is 35.6 Å². The Morgan fingerprint density at radius 2 is 2.09 bits per heavy atom. The van der Waals surface area contributed by atoms with Crippen molar-refractivity contribution in [3.05, 3.63) is 28.2 Å². The number of carbonyl (C=O) groups is 1. The van der Waals surface area contributed by atoms with Crippen LogP contribution in [0.5, 0.6) is 5.75 Å². The smallest absolute Gasteiger partial charge is 0.303 e. The fourth-order valence-electron chi connectivity index (χ4n) is 2.77. The normalized spacial score (nSPS) is 18.8. The Morgan fingerprint density at radius 3 is 2.83 bits per heavy atom. The maximum atomic E-state index is 10.8. The topological polar surface area (TPSA) is 49.8 Å². The fourth-order valence-corrected chi connectivity index (χ4v) is 3.11. The second-order valence-corrected chi connectivity index (χ2v) is 6.50. The van der Waals surface area contributed by atoms with Gasteiger partial charge in [0.1, 0.15) is 12.4 Å². The number of hydrogen-bond acceptors (Lipinski definition) is 3. The third kappa shape index (κ3) is 7.17. The molecule has 1 unspecified atom stereocenters. The second kappa shape index (κ2) is 10.2. The lowest BCUT2D eigenvalue weighted by Crippen LogP contribution is -2.29. The van der Waals surface area contributed by atoms with E-state index in [9.17, 15) is 4.79 Å². The average molecular weight is 383 g/mol.